The Balaban J connectivity index is 1.87. The van der Waals surface area contributed by atoms with Gasteiger partial charge in [-0.1, -0.05) is 42.8 Å². The molecule has 0 heterocycles. The third-order valence-electron chi connectivity index (χ3n) is 4.16. The van der Waals surface area contributed by atoms with Gasteiger partial charge in [-0.15, -0.1) is 0 Å². The van der Waals surface area contributed by atoms with Crippen LogP contribution < -0.4 is 10.0 Å². The fourth-order valence-corrected chi connectivity index (χ4v) is 3.82. The van der Waals surface area contributed by atoms with Crippen LogP contribution in [-0.2, 0) is 21.2 Å². The van der Waals surface area contributed by atoms with Crippen molar-refractivity contribution in [1.29, 1.82) is 0 Å². The summed E-state index contributed by atoms with van der Waals surface area (Å²) in [5.74, 6) is -0.0567. The van der Waals surface area contributed by atoms with Gasteiger partial charge in [-0.05, 0) is 55.2 Å². The van der Waals surface area contributed by atoms with Crippen molar-refractivity contribution in [2.45, 2.75) is 44.0 Å². The fraction of sp³-hybridized carbons (Fsp3) is 0.350. The Morgan fingerprint density at radius 1 is 1.07 bits per heavy atom. The summed E-state index contributed by atoms with van der Waals surface area (Å²) in [6.45, 7) is 4.24. The average molecular weight is 409 g/mol. The van der Waals surface area contributed by atoms with E-state index >= 15 is 0 Å². The average Bonchev–Trinajstić information content (AvgIpc) is 2.65. The molecule has 0 aliphatic carbocycles. The molecule has 2 N–H and O–H groups in total. The molecular weight excluding hydrogens is 384 g/mol. The van der Waals surface area contributed by atoms with Crippen LogP contribution in [0, 0.1) is 0 Å². The Morgan fingerprint density at radius 2 is 1.70 bits per heavy atom. The predicted molar refractivity (Wildman–Crippen MR) is 108 cm³/mol. The maximum atomic E-state index is 12.2. The number of sulfonamides is 1. The van der Waals surface area contributed by atoms with Gasteiger partial charge in [0, 0.05) is 18.0 Å². The zero-order chi connectivity index (χ0) is 19.9. The molecule has 7 heteroatoms. The first kappa shape index (κ1) is 21.4. The number of benzene rings is 2. The summed E-state index contributed by atoms with van der Waals surface area (Å²) in [6, 6.07) is 13.9. The van der Waals surface area contributed by atoms with Crippen LogP contribution in [0.5, 0.6) is 0 Å². The molecule has 2 aromatic carbocycles. The summed E-state index contributed by atoms with van der Waals surface area (Å²) in [6.07, 6.45) is 1.61. The molecule has 0 bridgehead atoms. The predicted octanol–water partition coefficient (Wildman–Crippen LogP) is 3.84. The van der Waals surface area contributed by atoms with E-state index in [1.54, 1.807) is 36.4 Å². The molecule has 0 aromatic heterocycles. The standard InChI is InChI=1S/C20H25ClN2O3S/c1-3-14-22-27(25,26)19-11-4-16(5-12-19)6-13-20(24)23-15(2)17-7-9-18(21)10-8-17/h4-5,7-12,15,22H,3,6,13-14H2,1-2H3,(H,23,24). The molecule has 1 unspecified atom stereocenters. The molecule has 0 radical (unpaired) electrons. The topological polar surface area (TPSA) is 75.3 Å². The highest BCUT2D eigenvalue weighted by molar-refractivity contribution is 7.89. The number of hydrogen-bond acceptors (Lipinski definition) is 3. The number of carbonyl (C=O) groups excluding carboxylic acids is 1. The van der Waals surface area contributed by atoms with E-state index < -0.39 is 10.0 Å². The third-order valence-corrected chi connectivity index (χ3v) is 5.89. The van der Waals surface area contributed by atoms with Gasteiger partial charge in [0.25, 0.3) is 0 Å². The van der Waals surface area contributed by atoms with E-state index in [4.69, 9.17) is 11.6 Å². The maximum Gasteiger partial charge on any atom is 0.240 e. The van der Waals surface area contributed by atoms with Crippen molar-refractivity contribution in [3.63, 3.8) is 0 Å². The van der Waals surface area contributed by atoms with Gasteiger partial charge in [0.2, 0.25) is 15.9 Å². The highest BCUT2D eigenvalue weighted by Gasteiger charge is 2.13. The van der Waals surface area contributed by atoms with Crippen molar-refractivity contribution < 1.29 is 13.2 Å². The van der Waals surface area contributed by atoms with Gasteiger partial charge < -0.3 is 5.32 Å². The van der Waals surface area contributed by atoms with Crippen molar-refractivity contribution in [2.75, 3.05) is 6.54 Å². The van der Waals surface area contributed by atoms with Crippen molar-refractivity contribution in [1.82, 2.24) is 10.0 Å². The Bertz CT molecular complexity index is 850. The lowest BCUT2D eigenvalue weighted by Crippen LogP contribution is -2.26. The summed E-state index contributed by atoms with van der Waals surface area (Å²) in [5.41, 5.74) is 1.90. The minimum absolute atomic E-state index is 0.0567. The molecule has 0 saturated heterocycles. The van der Waals surface area contributed by atoms with Crippen LogP contribution in [0.3, 0.4) is 0 Å². The summed E-state index contributed by atoms with van der Waals surface area (Å²) in [4.78, 5) is 12.4. The lowest BCUT2D eigenvalue weighted by Gasteiger charge is -2.14. The SMILES string of the molecule is CCCNS(=O)(=O)c1ccc(CCC(=O)NC(C)c2ccc(Cl)cc2)cc1. The molecule has 5 nitrogen and oxygen atoms in total. The normalized spacial score (nSPS) is 12.6. The zero-order valence-electron chi connectivity index (χ0n) is 15.5. The molecule has 1 amide bonds. The molecule has 0 spiro atoms. The molecule has 0 fully saturated rings. The molecule has 0 saturated carbocycles. The van der Waals surface area contributed by atoms with Crippen molar-refractivity contribution in [3.8, 4) is 0 Å². The Morgan fingerprint density at radius 3 is 2.30 bits per heavy atom. The highest BCUT2D eigenvalue weighted by atomic mass is 35.5. The van der Waals surface area contributed by atoms with Gasteiger partial charge in [0.15, 0.2) is 0 Å². The van der Waals surface area contributed by atoms with E-state index in [9.17, 15) is 13.2 Å². The van der Waals surface area contributed by atoms with Crippen molar-refractivity contribution >= 4 is 27.5 Å². The zero-order valence-corrected chi connectivity index (χ0v) is 17.1. The number of halogens is 1. The summed E-state index contributed by atoms with van der Waals surface area (Å²) in [7, 11) is -3.46. The van der Waals surface area contributed by atoms with Crippen LogP contribution in [-0.4, -0.2) is 20.9 Å². The number of amides is 1. The molecular formula is C20H25ClN2O3S. The van der Waals surface area contributed by atoms with Crippen LogP contribution in [0.2, 0.25) is 5.02 Å². The summed E-state index contributed by atoms with van der Waals surface area (Å²) in [5, 5.41) is 3.62. The second-order valence-electron chi connectivity index (χ2n) is 6.38. The van der Waals surface area contributed by atoms with Crippen molar-refractivity contribution in [2.24, 2.45) is 0 Å². The van der Waals surface area contributed by atoms with Gasteiger partial charge in [0.1, 0.15) is 0 Å². The second kappa shape index (κ2) is 9.88. The minimum Gasteiger partial charge on any atom is -0.350 e. The minimum atomic E-state index is -3.46. The van der Waals surface area contributed by atoms with Crippen LogP contribution in [0.15, 0.2) is 53.4 Å². The van der Waals surface area contributed by atoms with Crippen LogP contribution in [0.25, 0.3) is 0 Å². The summed E-state index contributed by atoms with van der Waals surface area (Å²) < 4.78 is 26.7. The van der Waals surface area contributed by atoms with Gasteiger partial charge >= 0.3 is 0 Å². The summed E-state index contributed by atoms with van der Waals surface area (Å²) >= 11 is 5.87. The van der Waals surface area contributed by atoms with Crippen LogP contribution >= 0.6 is 11.6 Å². The monoisotopic (exact) mass is 408 g/mol. The highest BCUT2D eigenvalue weighted by Crippen LogP contribution is 2.16. The molecule has 27 heavy (non-hydrogen) atoms. The first-order chi connectivity index (χ1) is 12.8. The molecule has 0 aliphatic heterocycles. The van der Waals surface area contributed by atoms with E-state index in [1.165, 1.54) is 0 Å². The number of carbonyl (C=O) groups is 1. The first-order valence-electron chi connectivity index (χ1n) is 8.95. The lowest BCUT2D eigenvalue weighted by atomic mass is 10.1. The van der Waals surface area contributed by atoms with Gasteiger partial charge in [-0.25, -0.2) is 13.1 Å². The van der Waals surface area contributed by atoms with Gasteiger partial charge in [-0.3, -0.25) is 4.79 Å². The Kier molecular flexibility index (Phi) is 7.83. The molecule has 0 aliphatic rings. The first-order valence-corrected chi connectivity index (χ1v) is 10.8. The quantitative estimate of drug-likeness (QED) is 0.661. The molecule has 146 valence electrons. The molecule has 1 atom stereocenters. The Hall–Kier alpha value is -1.89. The third kappa shape index (κ3) is 6.65. The fourth-order valence-electron chi connectivity index (χ4n) is 2.56. The molecule has 2 aromatic rings. The molecule has 2 rings (SSSR count). The Labute approximate surface area is 166 Å². The number of aryl methyl sites for hydroxylation is 1. The maximum absolute atomic E-state index is 12.2. The number of rotatable bonds is 9. The smallest absolute Gasteiger partial charge is 0.240 e. The largest absolute Gasteiger partial charge is 0.350 e. The number of hydrogen-bond donors (Lipinski definition) is 2. The van der Waals surface area contributed by atoms with E-state index in [0.717, 1.165) is 17.5 Å². The van der Waals surface area contributed by atoms with Crippen LogP contribution in [0.4, 0.5) is 0 Å². The van der Waals surface area contributed by atoms with Crippen molar-refractivity contribution in [3.05, 3.63) is 64.7 Å². The van der Waals surface area contributed by atoms with E-state index in [1.807, 2.05) is 26.0 Å². The lowest BCUT2D eigenvalue weighted by molar-refractivity contribution is -0.121. The van der Waals surface area contributed by atoms with Crippen LogP contribution in [0.1, 0.15) is 43.9 Å². The van der Waals surface area contributed by atoms with E-state index in [-0.39, 0.29) is 16.8 Å². The van der Waals surface area contributed by atoms with Gasteiger partial charge in [-0.2, -0.15) is 0 Å². The van der Waals surface area contributed by atoms with E-state index in [2.05, 4.69) is 10.0 Å². The van der Waals surface area contributed by atoms with E-state index in [0.29, 0.717) is 24.4 Å². The second-order valence-corrected chi connectivity index (χ2v) is 8.59. The number of nitrogens with one attached hydrogen (secondary N) is 2. The van der Waals surface area contributed by atoms with Gasteiger partial charge in [0.05, 0.1) is 10.9 Å².